The number of fused-ring (bicyclic) bond motifs is 1. The molecule has 4 rings (SSSR count). The van der Waals surface area contributed by atoms with Crippen molar-refractivity contribution in [3.63, 3.8) is 0 Å². The van der Waals surface area contributed by atoms with Crippen LogP contribution in [-0.2, 0) is 25.7 Å². The molecule has 1 amide bonds. The van der Waals surface area contributed by atoms with Crippen molar-refractivity contribution in [3.8, 4) is 0 Å². The highest BCUT2D eigenvalue weighted by Gasteiger charge is 2.34. The number of carbonyl (C=O) groups is 1. The normalized spacial score (nSPS) is 14.2. The van der Waals surface area contributed by atoms with Gasteiger partial charge in [-0.25, -0.2) is 0 Å². The van der Waals surface area contributed by atoms with E-state index in [4.69, 9.17) is 11.6 Å². The fraction of sp³-hybridized carbons (Fsp3) is 0.208. The van der Waals surface area contributed by atoms with Crippen molar-refractivity contribution >= 4 is 23.2 Å². The van der Waals surface area contributed by atoms with E-state index in [1.165, 1.54) is 17.2 Å². The van der Waals surface area contributed by atoms with Gasteiger partial charge >= 0.3 is 6.18 Å². The largest absolute Gasteiger partial charge is 0.418 e. The van der Waals surface area contributed by atoms with Crippen molar-refractivity contribution in [1.82, 2.24) is 4.90 Å². The Morgan fingerprint density at radius 3 is 2.42 bits per heavy atom. The lowest BCUT2D eigenvalue weighted by atomic mass is 9.99. The number of carbonyl (C=O) groups excluding carboxylic acids is 1. The number of halogens is 4. The van der Waals surface area contributed by atoms with Crippen molar-refractivity contribution in [2.75, 3.05) is 11.9 Å². The first-order chi connectivity index (χ1) is 14.8. The number of amides is 1. The number of hydrogen-bond donors (Lipinski definition) is 1. The lowest BCUT2D eigenvalue weighted by Crippen LogP contribution is -2.29. The minimum absolute atomic E-state index is 0.0463. The van der Waals surface area contributed by atoms with Gasteiger partial charge in [0, 0.05) is 30.2 Å². The van der Waals surface area contributed by atoms with E-state index in [0.29, 0.717) is 0 Å². The molecular formula is C24H20ClF3N2O. The third-order valence-electron chi connectivity index (χ3n) is 5.37. The van der Waals surface area contributed by atoms with Crippen LogP contribution in [0.15, 0.2) is 66.7 Å². The summed E-state index contributed by atoms with van der Waals surface area (Å²) in [6, 6.07) is 18.6. The predicted octanol–water partition coefficient (Wildman–Crippen LogP) is 6.17. The fourth-order valence-electron chi connectivity index (χ4n) is 3.76. The molecule has 0 radical (unpaired) electrons. The molecular weight excluding hydrogens is 425 g/mol. The topological polar surface area (TPSA) is 32.3 Å². The lowest BCUT2D eigenvalue weighted by molar-refractivity contribution is -0.136. The van der Waals surface area contributed by atoms with Gasteiger partial charge in [-0.05, 0) is 53.4 Å². The molecule has 0 bridgehead atoms. The lowest BCUT2D eigenvalue weighted by Gasteiger charge is -2.28. The highest BCUT2D eigenvalue weighted by Crippen LogP contribution is 2.36. The van der Waals surface area contributed by atoms with E-state index >= 15 is 0 Å². The Bertz CT molecular complexity index is 1100. The number of anilines is 1. The van der Waals surface area contributed by atoms with Gasteiger partial charge in [0.05, 0.1) is 11.3 Å². The zero-order chi connectivity index (χ0) is 22.0. The number of hydrogen-bond acceptors (Lipinski definition) is 2. The zero-order valence-corrected chi connectivity index (χ0v) is 17.3. The van der Waals surface area contributed by atoms with Crippen LogP contribution < -0.4 is 5.32 Å². The van der Waals surface area contributed by atoms with E-state index in [1.807, 2.05) is 18.2 Å². The maximum absolute atomic E-state index is 13.2. The highest BCUT2D eigenvalue weighted by atomic mass is 35.5. The number of benzene rings is 3. The standard InChI is InChI=1S/C24H20ClF3N2O/c25-20-9-10-22(21(13-20)24(26,27)28)29-23(31)18-7-5-16(6-8-18)14-30-12-11-17-3-1-2-4-19(17)15-30/h1-10,13H,11-12,14-15H2,(H,29,31). The van der Waals surface area contributed by atoms with E-state index in [-0.39, 0.29) is 16.3 Å². The van der Waals surface area contributed by atoms with E-state index in [9.17, 15) is 18.0 Å². The van der Waals surface area contributed by atoms with Gasteiger partial charge in [0.15, 0.2) is 0 Å². The molecule has 0 saturated heterocycles. The van der Waals surface area contributed by atoms with Gasteiger partial charge in [0.1, 0.15) is 0 Å². The molecule has 160 valence electrons. The summed E-state index contributed by atoms with van der Waals surface area (Å²) in [5, 5.41) is 2.30. The average molecular weight is 445 g/mol. The third-order valence-corrected chi connectivity index (χ3v) is 5.60. The monoisotopic (exact) mass is 444 g/mol. The molecule has 0 spiro atoms. The Kier molecular flexibility index (Phi) is 6.03. The maximum atomic E-state index is 13.2. The first-order valence-electron chi connectivity index (χ1n) is 9.86. The van der Waals surface area contributed by atoms with Gasteiger partial charge in [-0.15, -0.1) is 0 Å². The number of rotatable bonds is 4. The minimum atomic E-state index is -4.62. The van der Waals surface area contributed by atoms with Gasteiger partial charge < -0.3 is 5.32 Å². The van der Waals surface area contributed by atoms with Crippen LogP contribution in [0.25, 0.3) is 0 Å². The van der Waals surface area contributed by atoms with Crippen molar-refractivity contribution in [3.05, 3.63) is 99.6 Å². The maximum Gasteiger partial charge on any atom is 0.418 e. The van der Waals surface area contributed by atoms with Gasteiger partial charge in [-0.3, -0.25) is 9.69 Å². The van der Waals surface area contributed by atoms with Crippen LogP contribution in [0.1, 0.15) is 32.6 Å². The van der Waals surface area contributed by atoms with Crippen LogP contribution in [0.2, 0.25) is 5.02 Å². The SMILES string of the molecule is O=C(Nc1ccc(Cl)cc1C(F)(F)F)c1ccc(CN2CCc3ccccc3C2)cc1. The van der Waals surface area contributed by atoms with Crippen LogP contribution in [-0.4, -0.2) is 17.4 Å². The quantitative estimate of drug-likeness (QED) is 0.522. The molecule has 3 nitrogen and oxygen atoms in total. The van der Waals surface area contributed by atoms with Crippen LogP contribution in [0.3, 0.4) is 0 Å². The number of nitrogens with one attached hydrogen (secondary N) is 1. The molecule has 31 heavy (non-hydrogen) atoms. The molecule has 3 aromatic carbocycles. The Labute approximate surface area is 183 Å². The summed E-state index contributed by atoms with van der Waals surface area (Å²) < 4.78 is 39.7. The summed E-state index contributed by atoms with van der Waals surface area (Å²) in [5.41, 5.74) is 2.74. The van der Waals surface area contributed by atoms with Crippen LogP contribution in [0.5, 0.6) is 0 Å². The van der Waals surface area contributed by atoms with Gasteiger partial charge in [0.25, 0.3) is 5.91 Å². The van der Waals surface area contributed by atoms with Gasteiger partial charge in [-0.1, -0.05) is 48.0 Å². The minimum Gasteiger partial charge on any atom is -0.321 e. The zero-order valence-electron chi connectivity index (χ0n) is 16.5. The van der Waals surface area contributed by atoms with Crippen LogP contribution >= 0.6 is 11.6 Å². The Balaban J connectivity index is 1.43. The van der Waals surface area contributed by atoms with Crippen molar-refractivity contribution in [2.45, 2.75) is 25.7 Å². The fourth-order valence-corrected chi connectivity index (χ4v) is 3.94. The van der Waals surface area contributed by atoms with Crippen LogP contribution in [0, 0.1) is 0 Å². The predicted molar refractivity (Wildman–Crippen MR) is 115 cm³/mol. The molecule has 0 unspecified atom stereocenters. The Morgan fingerprint density at radius 1 is 1.00 bits per heavy atom. The molecule has 0 atom stereocenters. The molecule has 1 N–H and O–H groups in total. The second-order valence-electron chi connectivity index (χ2n) is 7.57. The van der Waals surface area contributed by atoms with E-state index in [2.05, 4.69) is 28.4 Å². The average Bonchev–Trinajstić information content (AvgIpc) is 2.74. The highest BCUT2D eigenvalue weighted by molar-refractivity contribution is 6.30. The summed E-state index contributed by atoms with van der Waals surface area (Å²) in [6.45, 7) is 2.57. The third kappa shape index (κ3) is 5.09. The number of alkyl halides is 3. The molecule has 0 aliphatic carbocycles. The van der Waals surface area contributed by atoms with Crippen molar-refractivity contribution in [1.29, 1.82) is 0 Å². The summed E-state index contributed by atoms with van der Waals surface area (Å²) in [4.78, 5) is 14.8. The summed E-state index contributed by atoms with van der Waals surface area (Å²) in [6.07, 6.45) is -3.62. The Morgan fingerprint density at radius 2 is 1.71 bits per heavy atom. The smallest absolute Gasteiger partial charge is 0.321 e. The second-order valence-corrected chi connectivity index (χ2v) is 8.00. The van der Waals surface area contributed by atoms with Crippen LogP contribution in [0.4, 0.5) is 18.9 Å². The summed E-state index contributed by atoms with van der Waals surface area (Å²) in [5.74, 6) is -0.605. The molecule has 1 heterocycles. The van der Waals surface area contributed by atoms with E-state index in [1.54, 1.807) is 12.1 Å². The molecule has 3 aromatic rings. The first kappa shape index (κ1) is 21.4. The molecule has 1 aliphatic rings. The summed E-state index contributed by atoms with van der Waals surface area (Å²) in [7, 11) is 0. The molecule has 0 fully saturated rings. The van der Waals surface area contributed by atoms with E-state index < -0.39 is 17.6 Å². The van der Waals surface area contributed by atoms with Crippen molar-refractivity contribution < 1.29 is 18.0 Å². The van der Waals surface area contributed by atoms with Crippen molar-refractivity contribution in [2.24, 2.45) is 0 Å². The first-order valence-corrected chi connectivity index (χ1v) is 10.2. The number of nitrogens with zero attached hydrogens (tertiary/aromatic N) is 1. The summed E-state index contributed by atoms with van der Waals surface area (Å²) >= 11 is 5.69. The van der Waals surface area contributed by atoms with Gasteiger partial charge in [0.2, 0.25) is 0 Å². The second kappa shape index (κ2) is 8.73. The molecule has 1 aliphatic heterocycles. The Hall–Kier alpha value is -2.83. The molecule has 0 saturated carbocycles. The molecule has 7 heteroatoms. The molecule has 0 aromatic heterocycles. The van der Waals surface area contributed by atoms with Gasteiger partial charge in [-0.2, -0.15) is 13.2 Å². The van der Waals surface area contributed by atoms with E-state index in [0.717, 1.165) is 43.8 Å².